The second-order valence-electron chi connectivity index (χ2n) is 13.4. The van der Waals surface area contributed by atoms with Gasteiger partial charge in [-0.05, 0) is 129 Å². The van der Waals surface area contributed by atoms with Crippen molar-refractivity contribution >= 4 is 0 Å². The molecule has 3 nitrogen and oxygen atoms in total. The number of hydrogen-bond donors (Lipinski definition) is 0. The van der Waals surface area contributed by atoms with Crippen LogP contribution < -0.4 is 0 Å². The molecular weight excluding hydrogens is 414 g/mol. The van der Waals surface area contributed by atoms with Crippen LogP contribution in [0.15, 0.2) is 0 Å². The molecular formula is C31H65N3. The topological polar surface area (TPSA) is 9.72 Å². The summed E-state index contributed by atoms with van der Waals surface area (Å²) in [6.45, 7) is 34.5. The Hall–Kier alpha value is -0.120. The molecule has 0 spiro atoms. The first-order valence-electron chi connectivity index (χ1n) is 15.1. The summed E-state index contributed by atoms with van der Waals surface area (Å²) < 4.78 is 0. The number of piperidine rings is 1. The molecule has 34 heavy (non-hydrogen) atoms. The highest BCUT2D eigenvalue weighted by Crippen LogP contribution is 2.26. The van der Waals surface area contributed by atoms with Crippen LogP contribution in [-0.4, -0.2) is 71.6 Å². The van der Waals surface area contributed by atoms with E-state index in [0.29, 0.717) is 0 Å². The summed E-state index contributed by atoms with van der Waals surface area (Å²) in [5, 5.41) is 0. The molecule has 0 aliphatic carbocycles. The van der Waals surface area contributed by atoms with Crippen molar-refractivity contribution in [2.45, 2.75) is 139 Å². The van der Waals surface area contributed by atoms with Crippen LogP contribution in [0.5, 0.6) is 0 Å². The minimum absolute atomic E-state index is 0.741. The Bertz CT molecular complexity index is 459. The van der Waals surface area contributed by atoms with Gasteiger partial charge >= 0.3 is 0 Å². The maximum atomic E-state index is 2.64. The predicted molar refractivity (Wildman–Crippen MR) is 154 cm³/mol. The Morgan fingerprint density at radius 2 is 0.941 bits per heavy atom. The van der Waals surface area contributed by atoms with Crippen molar-refractivity contribution in [2.24, 2.45) is 29.6 Å². The average Bonchev–Trinajstić information content (AvgIpc) is 3.45. The molecule has 0 radical (unpaired) electrons. The van der Waals surface area contributed by atoms with Crippen LogP contribution >= 0.6 is 0 Å². The molecule has 204 valence electrons. The fraction of sp³-hybridized carbons (Fsp3) is 1.00. The third kappa shape index (κ3) is 10.9. The largest absolute Gasteiger partial charge is 0.301 e. The van der Waals surface area contributed by atoms with Gasteiger partial charge in [0.2, 0.25) is 0 Å². The van der Waals surface area contributed by atoms with Crippen molar-refractivity contribution in [2.75, 3.05) is 32.7 Å². The van der Waals surface area contributed by atoms with Gasteiger partial charge in [0.05, 0.1) is 0 Å². The molecule has 0 aromatic heterocycles. The van der Waals surface area contributed by atoms with Crippen LogP contribution in [0.2, 0.25) is 0 Å². The Labute approximate surface area is 216 Å². The summed E-state index contributed by atoms with van der Waals surface area (Å²) >= 11 is 0. The minimum Gasteiger partial charge on any atom is -0.301 e. The highest BCUT2D eigenvalue weighted by atomic mass is 15.2. The van der Waals surface area contributed by atoms with Crippen LogP contribution in [0.25, 0.3) is 0 Å². The van der Waals surface area contributed by atoms with Gasteiger partial charge in [-0.2, -0.15) is 0 Å². The summed E-state index contributed by atoms with van der Waals surface area (Å²) in [7, 11) is 0. The molecule has 0 amide bonds. The summed E-state index contributed by atoms with van der Waals surface area (Å²) in [5.74, 6) is 4.54. The zero-order valence-electron chi connectivity index (χ0n) is 25.6. The molecule has 3 rings (SSSR count). The molecule has 2 atom stereocenters. The van der Waals surface area contributed by atoms with E-state index in [-0.39, 0.29) is 0 Å². The van der Waals surface area contributed by atoms with Gasteiger partial charge in [-0.25, -0.2) is 0 Å². The first kappa shape index (κ1) is 31.9. The summed E-state index contributed by atoms with van der Waals surface area (Å²) in [6, 6.07) is 3.09. The van der Waals surface area contributed by atoms with Gasteiger partial charge < -0.3 is 9.80 Å². The first-order valence-corrected chi connectivity index (χ1v) is 15.1. The van der Waals surface area contributed by atoms with Crippen molar-refractivity contribution in [3.63, 3.8) is 0 Å². The van der Waals surface area contributed by atoms with E-state index < -0.39 is 0 Å². The van der Waals surface area contributed by atoms with E-state index in [0.717, 1.165) is 53.8 Å². The second kappa shape index (κ2) is 15.9. The molecule has 3 saturated heterocycles. The van der Waals surface area contributed by atoms with Gasteiger partial charge in [0.25, 0.3) is 0 Å². The maximum absolute atomic E-state index is 2.64. The Morgan fingerprint density at radius 1 is 0.471 bits per heavy atom. The molecule has 3 aliphatic rings. The van der Waals surface area contributed by atoms with Gasteiger partial charge in [-0.15, -0.1) is 0 Å². The van der Waals surface area contributed by atoms with Crippen LogP contribution in [-0.2, 0) is 0 Å². The molecule has 0 aromatic carbocycles. The van der Waals surface area contributed by atoms with Gasteiger partial charge in [-0.1, -0.05) is 41.5 Å². The number of likely N-dealkylation sites (tertiary alicyclic amines) is 3. The lowest BCUT2D eigenvalue weighted by Crippen LogP contribution is -2.39. The summed E-state index contributed by atoms with van der Waals surface area (Å²) in [4.78, 5) is 7.83. The van der Waals surface area contributed by atoms with Crippen molar-refractivity contribution < 1.29 is 0 Å². The Morgan fingerprint density at radius 3 is 1.26 bits per heavy atom. The minimum atomic E-state index is 0.741. The standard InChI is InChI=1S/C11H23N.2C10H21N/c1-9(2)11-5-7-12(8-6-11)10(3)4;1-8(2)10-5-6-11(7-10)9(3)4;1-8(2)10-6-5-7-11(10)9(3)4/h9-11H,5-8H2,1-4H3;2*8-10H,5-7H2,1-4H3. The monoisotopic (exact) mass is 480 g/mol. The molecule has 0 bridgehead atoms. The van der Waals surface area contributed by atoms with E-state index in [1.807, 2.05) is 0 Å². The highest BCUT2D eigenvalue weighted by Gasteiger charge is 2.28. The summed E-state index contributed by atoms with van der Waals surface area (Å²) in [6.07, 6.45) is 7.05. The van der Waals surface area contributed by atoms with Gasteiger partial charge in [-0.3, -0.25) is 4.90 Å². The molecule has 0 saturated carbocycles. The molecule has 3 aliphatic heterocycles. The molecule has 0 aromatic rings. The molecule has 3 heteroatoms. The average molecular weight is 480 g/mol. The van der Waals surface area contributed by atoms with Crippen LogP contribution in [0.1, 0.15) is 115 Å². The van der Waals surface area contributed by atoms with Crippen molar-refractivity contribution in [3.05, 3.63) is 0 Å². The van der Waals surface area contributed by atoms with E-state index in [1.54, 1.807) is 0 Å². The lowest BCUT2D eigenvalue weighted by Gasteiger charge is -2.36. The lowest BCUT2D eigenvalue weighted by atomic mass is 9.86. The third-order valence-corrected chi connectivity index (χ3v) is 8.95. The predicted octanol–water partition coefficient (Wildman–Crippen LogP) is 7.65. The Kier molecular flexibility index (Phi) is 14.9. The maximum Gasteiger partial charge on any atom is 0.0121 e. The van der Waals surface area contributed by atoms with Crippen LogP contribution in [0, 0.1) is 29.6 Å². The molecule has 2 unspecified atom stereocenters. The fourth-order valence-electron chi connectivity index (χ4n) is 6.10. The molecule has 0 N–H and O–H groups in total. The normalized spacial score (nSPS) is 25.6. The van der Waals surface area contributed by atoms with E-state index in [9.17, 15) is 0 Å². The van der Waals surface area contributed by atoms with E-state index in [4.69, 9.17) is 0 Å². The number of rotatable bonds is 6. The summed E-state index contributed by atoms with van der Waals surface area (Å²) in [5.41, 5.74) is 0. The van der Waals surface area contributed by atoms with Crippen molar-refractivity contribution in [1.82, 2.24) is 14.7 Å². The van der Waals surface area contributed by atoms with E-state index >= 15 is 0 Å². The van der Waals surface area contributed by atoms with Crippen molar-refractivity contribution in [1.29, 1.82) is 0 Å². The zero-order chi connectivity index (χ0) is 26.0. The molecule has 3 fully saturated rings. The molecule has 3 heterocycles. The fourth-order valence-corrected chi connectivity index (χ4v) is 6.10. The highest BCUT2D eigenvalue weighted by molar-refractivity contribution is 4.83. The first-order chi connectivity index (χ1) is 15.8. The van der Waals surface area contributed by atoms with E-state index in [1.165, 1.54) is 64.8 Å². The lowest BCUT2D eigenvalue weighted by molar-refractivity contribution is 0.129. The van der Waals surface area contributed by atoms with Crippen LogP contribution in [0.4, 0.5) is 0 Å². The van der Waals surface area contributed by atoms with Crippen molar-refractivity contribution in [3.8, 4) is 0 Å². The quantitative estimate of drug-likeness (QED) is 0.387. The second-order valence-corrected chi connectivity index (χ2v) is 13.4. The van der Waals surface area contributed by atoms with Gasteiger partial charge in [0, 0.05) is 30.7 Å². The SMILES string of the molecule is CC(C)C1CCCN1C(C)C.CC(C)C1CCN(C(C)C)C1.CC(C)C1CCN(C(C)C)CC1. The van der Waals surface area contributed by atoms with Gasteiger partial charge in [0.15, 0.2) is 0 Å². The number of nitrogens with zero attached hydrogens (tertiary/aromatic N) is 3. The van der Waals surface area contributed by atoms with Gasteiger partial charge in [0.1, 0.15) is 0 Å². The number of hydrogen-bond acceptors (Lipinski definition) is 3. The smallest absolute Gasteiger partial charge is 0.0121 e. The third-order valence-electron chi connectivity index (χ3n) is 8.95. The van der Waals surface area contributed by atoms with E-state index in [2.05, 4.69) is 97.8 Å². The Balaban J connectivity index is 0.000000255. The van der Waals surface area contributed by atoms with Crippen LogP contribution in [0.3, 0.4) is 0 Å². The zero-order valence-corrected chi connectivity index (χ0v) is 25.6.